The fourth-order valence-electron chi connectivity index (χ4n) is 1.81. The molecule has 3 N–H and O–H groups in total. The number of hydrogen-bond acceptors (Lipinski definition) is 3. The monoisotopic (exact) mass is 313 g/mol. The lowest BCUT2D eigenvalue weighted by molar-refractivity contribution is -0.116. The van der Waals surface area contributed by atoms with Gasteiger partial charge in [-0.15, -0.1) is 0 Å². The van der Waals surface area contributed by atoms with Gasteiger partial charge >= 0.3 is 0 Å². The lowest BCUT2D eigenvalue weighted by Gasteiger charge is -2.13. The van der Waals surface area contributed by atoms with Gasteiger partial charge in [0, 0.05) is 18.8 Å². The lowest BCUT2D eigenvalue weighted by Crippen LogP contribution is -2.15. The number of nitrogens with two attached hydrogens (primary N) is 1. The van der Waals surface area contributed by atoms with Gasteiger partial charge in [-0.1, -0.05) is 13.3 Å². The molecule has 1 heterocycles. The zero-order valence-electron chi connectivity index (χ0n) is 10.7. The second-order valence-corrected chi connectivity index (χ2v) is 5.15. The van der Waals surface area contributed by atoms with Crippen molar-refractivity contribution in [3.8, 4) is 0 Å². The van der Waals surface area contributed by atoms with Crippen molar-refractivity contribution in [2.75, 3.05) is 11.9 Å². The minimum absolute atomic E-state index is 0.0392. The summed E-state index contributed by atoms with van der Waals surface area (Å²) in [6.07, 6.45) is 6.81. The molecule has 1 rings (SSSR count). The highest BCUT2D eigenvalue weighted by molar-refractivity contribution is 9.10. The number of carbonyl (C=O) groups excluding carboxylic acids is 1. The second-order valence-electron chi connectivity index (χ2n) is 4.29. The first-order valence-electron chi connectivity index (χ1n) is 6.26. The molecule has 18 heavy (non-hydrogen) atoms. The van der Waals surface area contributed by atoms with Crippen molar-refractivity contribution < 1.29 is 4.79 Å². The Labute approximate surface area is 116 Å². The average molecular weight is 314 g/mol. The van der Waals surface area contributed by atoms with E-state index in [4.69, 9.17) is 5.73 Å². The summed E-state index contributed by atoms with van der Waals surface area (Å²) in [6.45, 7) is 2.83. The minimum atomic E-state index is 0.0392. The molecule has 0 spiro atoms. The number of hydrogen-bond donors (Lipinski definition) is 2. The van der Waals surface area contributed by atoms with E-state index in [9.17, 15) is 4.79 Å². The quantitative estimate of drug-likeness (QED) is 0.813. The zero-order valence-corrected chi connectivity index (χ0v) is 12.2. The predicted octanol–water partition coefficient (Wildman–Crippen LogP) is 2.94. The highest BCUT2D eigenvalue weighted by Crippen LogP contribution is 2.21. The number of amides is 1. The van der Waals surface area contributed by atoms with Crippen LogP contribution in [0.4, 0.5) is 5.69 Å². The molecule has 0 fully saturated rings. The van der Waals surface area contributed by atoms with E-state index in [1.807, 2.05) is 0 Å². The standard InChI is InChI=1S/C13H20BrN3O/c1-2-10(5-7-15)3-4-13(18)17-12-6-8-16-9-11(12)14/h6,8-10H,2-5,7,15H2,1H3,(H,16,17,18). The maximum atomic E-state index is 11.8. The second kappa shape index (κ2) is 8.21. The van der Waals surface area contributed by atoms with Crippen LogP contribution in [0.1, 0.15) is 32.6 Å². The van der Waals surface area contributed by atoms with Gasteiger partial charge < -0.3 is 11.1 Å². The van der Waals surface area contributed by atoms with E-state index in [2.05, 4.69) is 33.2 Å². The van der Waals surface area contributed by atoms with Crippen LogP contribution < -0.4 is 11.1 Å². The van der Waals surface area contributed by atoms with Gasteiger partial charge in [0.2, 0.25) is 5.91 Å². The number of carbonyl (C=O) groups is 1. The molecule has 0 saturated heterocycles. The number of halogens is 1. The Bertz CT molecular complexity index is 384. The molecule has 0 aliphatic rings. The van der Waals surface area contributed by atoms with Crippen LogP contribution in [0.5, 0.6) is 0 Å². The molecule has 0 aliphatic carbocycles. The molecule has 0 saturated carbocycles. The van der Waals surface area contributed by atoms with Crippen molar-refractivity contribution in [1.29, 1.82) is 0 Å². The van der Waals surface area contributed by atoms with Crippen molar-refractivity contribution in [3.63, 3.8) is 0 Å². The smallest absolute Gasteiger partial charge is 0.224 e. The van der Waals surface area contributed by atoms with Crippen LogP contribution in [-0.4, -0.2) is 17.4 Å². The van der Waals surface area contributed by atoms with E-state index in [1.54, 1.807) is 18.5 Å². The molecule has 1 aromatic heterocycles. The van der Waals surface area contributed by atoms with Crippen molar-refractivity contribution in [2.45, 2.75) is 32.6 Å². The first-order valence-corrected chi connectivity index (χ1v) is 7.06. The molecule has 0 aromatic carbocycles. The largest absolute Gasteiger partial charge is 0.330 e. The fraction of sp³-hybridized carbons (Fsp3) is 0.538. The Morgan fingerprint density at radius 2 is 2.33 bits per heavy atom. The third-order valence-electron chi connectivity index (χ3n) is 2.98. The average Bonchev–Trinajstić information content (AvgIpc) is 2.37. The van der Waals surface area contributed by atoms with Crippen LogP contribution in [0, 0.1) is 5.92 Å². The molecule has 1 atom stereocenters. The molecule has 0 aliphatic heterocycles. The molecule has 5 heteroatoms. The number of nitrogens with one attached hydrogen (secondary N) is 1. The van der Waals surface area contributed by atoms with E-state index < -0.39 is 0 Å². The van der Waals surface area contributed by atoms with E-state index in [1.165, 1.54) is 0 Å². The Morgan fingerprint density at radius 1 is 1.56 bits per heavy atom. The Hall–Kier alpha value is -0.940. The molecule has 1 aromatic rings. The number of pyridine rings is 1. The van der Waals surface area contributed by atoms with Crippen LogP contribution in [0.2, 0.25) is 0 Å². The minimum Gasteiger partial charge on any atom is -0.330 e. The van der Waals surface area contributed by atoms with Crippen LogP contribution in [0.3, 0.4) is 0 Å². The normalized spacial score (nSPS) is 12.2. The lowest BCUT2D eigenvalue weighted by atomic mass is 9.96. The summed E-state index contributed by atoms with van der Waals surface area (Å²) in [6, 6.07) is 1.78. The summed E-state index contributed by atoms with van der Waals surface area (Å²) in [4.78, 5) is 15.8. The van der Waals surface area contributed by atoms with Crippen molar-refractivity contribution in [2.24, 2.45) is 11.7 Å². The van der Waals surface area contributed by atoms with Crippen LogP contribution in [0.15, 0.2) is 22.9 Å². The van der Waals surface area contributed by atoms with E-state index >= 15 is 0 Å². The highest BCUT2D eigenvalue weighted by atomic mass is 79.9. The van der Waals surface area contributed by atoms with Gasteiger partial charge in [-0.05, 0) is 47.3 Å². The van der Waals surface area contributed by atoms with Gasteiger partial charge in [0.05, 0.1) is 10.2 Å². The van der Waals surface area contributed by atoms with E-state index in [0.29, 0.717) is 18.9 Å². The zero-order chi connectivity index (χ0) is 13.4. The Balaban J connectivity index is 2.40. The molecule has 1 unspecified atom stereocenters. The number of aromatic nitrogens is 1. The predicted molar refractivity (Wildman–Crippen MR) is 77.3 cm³/mol. The van der Waals surface area contributed by atoms with Crippen molar-refractivity contribution in [1.82, 2.24) is 4.98 Å². The topological polar surface area (TPSA) is 68.0 Å². The number of anilines is 1. The first-order chi connectivity index (χ1) is 8.67. The summed E-state index contributed by atoms with van der Waals surface area (Å²) in [5, 5.41) is 2.87. The van der Waals surface area contributed by atoms with Crippen molar-refractivity contribution in [3.05, 3.63) is 22.9 Å². The third kappa shape index (κ3) is 5.14. The summed E-state index contributed by atoms with van der Waals surface area (Å²) < 4.78 is 0.798. The van der Waals surface area contributed by atoms with Crippen LogP contribution in [-0.2, 0) is 4.79 Å². The van der Waals surface area contributed by atoms with Crippen LogP contribution >= 0.6 is 15.9 Å². The third-order valence-corrected chi connectivity index (χ3v) is 3.61. The molecule has 4 nitrogen and oxygen atoms in total. The Kier molecular flexibility index (Phi) is 6.90. The highest BCUT2D eigenvalue weighted by Gasteiger charge is 2.10. The van der Waals surface area contributed by atoms with Gasteiger partial charge in [0.15, 0.2) is 0 Å². The summed E-state index contributed by atoms with van der Waals surface area (Å²) in [5.74, 6) is 0.582. The Morgan fingerprint density at radius 3 is 2.94 bits per heavy atom. The first kappa shape index (κ1) is 15.1. The number of nitrogens with zero attached hydrogens (tertiary/aromatic N) is 1. The van der Waals surface area contributed by atoms with Gasteiger partial charge in [0.1, 0.15) is 0 Å². The van der Waals surface area contributed by atoms with E-state index in [-0.39, 0.29) is 5.91 Å². The summed E-state index contributed by atoms with van der Waals surface area (Å²) >= 11 is 3.35. The molecule has 100 valence electrons. The van der Waals surface area contributed by atoms with Gasteiger partial charge in [0.25, 0.3) is 0 Å². The summed E-state index contributed by atoms with van der Waals surface area (Å²) in [5.41, 5.74) is 6.31. The van der Waals surface area contributed by atoms with Gasteiger partial charge in [-0.2, -0.15) is 0 Å². The molecule has 1 amide bonds. The summed E-state index contributed by atoms with van der Waals surface area (Å²) in [7, 11) is 0. The van der Waals surface area contributed by atoms with Gasteiger partial charge in [-0.25, -0.2) is 0 Å². The molecule has 0 radical (unpaired) electrons. The van der Waals surface area contributed by atoms with Gasteiger partial charge in [-0.3, -0.25) is 9.78 Å². The molecular formula is C13H20BrN3O. The van der Waals surface area contributed by atoms with Crippen LogP contribution in [0.25, 0.3) is 0 Å². The maximum absolute atomic E-state index is 11.8. The molecular weight excluding hydrogens is 294 g/mol. The molecule has 0 bridgehead atoms. The number of rotatable bonds is 7. The SMILES string of the molecule is CCC(CCN)CCC(=O)Nc1ccncc1Br. The maximum Gasteiger partial charge on any atom is 0.224 e. The van der Waals surface area contributed by atoms with E-state index in [0.717, 1.165) is 29.4 Å². The van der Waals surface area contributed by atoms with Crippen molar-refractivity contribution >= 4 is 27.5 Å². The fourth-order valence-corrected chi connectivity index (χ4v) is 2.16.